The molecular weight excluding hydrogens is 264 g/mol. The molecule has 1 aromatic carbocycles. The predicted molar refractivity (Wildman–Crippen MR) is 82.9 cm³/mol. The van der Waals surface area contributed by atoms with E-state index in [9.17, 15) is 9.59 Å². The van der Waals surface area contributed by atoms with Gasteiger partial charge in [-0.15, -0.1) is 0 Å². The Morgan fingerprint density at radius 2 is 2.14 bits per heavy atom. The molecule has 0 aliphatic carbocycles. The molecule has 0 unspecified atom stereocenters. The highest BCUT2D eigenvalue weighted by Gasteiger charge is 2.20. The summed E-state index contributed by atoms with van der Waals surface area (Å²) in [5, 5.41) is 0. The molecule has 0 atom stereocenters. The van der Waals surface area contributed by atoms with E-state index in [0.717, 1.165) is 25.1 Å². The van der Waals surface area contributed by atoms with Crippen LogP contribution in [0.15, 0.2) is 24.3 Å². The highest BCUT2D eigenvalue weighted by molar-refractivity contribution is 5.94. The van der Waals surface area contributed by atoms with E-state index < -0.39 is 0 Å². The monoisotopic (exact) mass is 288 g/mol. The van der Waals surface area contributed by atoms with Crippen molar-refractivity contribution < 1.29 is 9.59 Å². The van der Waals surface area contributed by atoms with Crippen molar-refractivity contribution in [1.29, 1.82) is 0 Å². The SMILES string of the molecule is CC(C)CN(C)C(=O)c1cccc(CN2CCCC2=O)c1. The second kappa shape index (κ2) is 6.74. The molecule has 114 valence electrons. The molecule has 2 amide bonds. The third-order valence-electron chi connectivity index (χ3n) is 3.70. The average Bonchev–Trinajstić information content (AvgIpc) is 2.83. The number of carbonyl (C=O) groups is 2. The zero-order valence-electron chi connectivity index (χ0n) is 13.1. The maximum Gasteiger partial charge on any atom is 0.253 e. The van der Waals surface area contributed by atoms with Crippen molar-refractivity contribution in [2.75, 3.05) is 20.1 Å². The molecule has 0 spiro atoms. The minimum Gasteiger partial charge on any atom is -0.341 e. The molecule has 1 saturated heterocycles. The topological polar surface area (TPSA) is 40.6 Å². The molecule has 4 nitrogen and oxygen atoms in total. The summed E-state index contributed by atoms with van der Waals surface area (Å²) in [5.74, 6) is 0.700. The summed E-state index contributed by atoms with van der Waals surface area (Å²) in [6, 6.07) is 7.62. The van der Waals surface area contributed by atoms with Crippen molar-refractivity contribution in [3.8, 4) is 0 Å². The van der Waals surface area contributed by atoms with E-state index in [1.165, 1.54) is 0 Å². The Morgan fingerprint density at radius 3 is 2.76 bits per heavy atom. The van der Waals surface area contributed by atoms with E-state index in [4.69, 9.17) is 0 Å². The molecular formula is C17H24N2O2. The highest BCUT2D eigenvalue weighted by atomic mass is 16.2. The van der Waals surface area contributed by atoms with Gasteiger partial charge >= 0.3 is 0 Å². The fourth-order valence-corrected chi connectivity index (χ4v) is 2.75. The predicted octanol–water partition coefficient (Wildman–Crippen LogP) is 2.54. The van der Waals surface area contributed by atoms with Gasteiger partial charge in [0.05, 0.1) is 0 Å². The van der Waals surface area contributed by atoms with Crippen molar-refractivity contribution in [1.82, 2.24) is 9.80 Å². The van der Waals surface area contributed by atoms with Crippen molar-refractivity contribution in [3.63, 3.8) is 0 Å². The summed E-state index contributed by atoms with van der Waals surface area (Å²) >= 11 is 0. The van der Waals surface area contributed by atoms with Gasteiger partial charge in [-0.05, 0) is 30.0 Å². The Kier molecular flexibility index (Phi) is 4.99. The molecule has 1 heterocycles. The summed E-state index contributed by atoms with van der Waals surface area (Å²) in [7, 11) is 1.83. The van der Waals surface area contributed by atoms with Crippen LogP contribution in [0.2, 0.25) is 0 Å². The quantitative estimate of drug-likeness (QED) is 0.835. The number of benzene rings is 1. The van der Waals surface area contributed by atoms with E-state index in [-0.39, 0.29) is 11.8 Å². The van der Waals surface area contributed by atoms with Crippen LogP contribution in [0, 0.1) is 5.92 Å². The minimum atomic E-state index is 0.0401. The first kappa shape index (κ1) is 15.5. The largest absolute Gasteiger partial charge is 0.341 e. The van der Waals surface area contributed by atoms with Crippen LogP contribution in [0.4, 0.5) is 0 Å². The number of likely N-dealkylation sites (tertiary alicyclic amines) is 1. The van der Waals surface area contributed by atoms with Crippen molar-refractivity contribution in [2.24, 2.45) is 5.92 Å². The maximum absolute atomic E-state index is 12.4. The molecule has 1 aliphatic heterocycles. The van der Waals surface area contributed by atoms with Gasteiger partial charge in [0.2, 0.25) is 5.91 Å². The van der Waals surface area contributed by atoms with Gasteiger partial charge in [-0.1, -0.05) is 26.0 Å². The van der Waals surface area contributed by atoms with Gasteiger partial charge in [-0.2, -0.15) is 0 Å². The first-order chi connectivity index (χ1) is 9.97. The first-order valence-electron chi connectivity index (χ1n) is 7.59. The summed E-state index contributed by atoms with van der Waals surface area (Å²) < 4.78 is 0. The van der Waals surface area contributed by atoms with E-state index in [1.807, 2.05) is 36.2 Å². The molecule has 0 saturated carbocycles. The number of rotatable bonds is 5. The molecule has 0 radical (unpaired) electrons. The molecule has 21 heavy (non-hydrogen) atoms. The Morgan fingerprint density at radius 1 is 1.38 bits per heavy atom. The van der Waals surface area contributed by atoms with Crippen molar-refractivity contribution in [2.45, 2.75) is 33.2 Å². The van der Waals surface area contributed by atoms with Gasteiger partial charge in [0.15, 0.2) is 0 Å². The van der Waals surface area contributed by atoms with Crippen LogP contribution < -0.4 is 0 Å². The summed E-state index contributed by atoms with van der Waals surface area (Å²) in [5.41, 5.74) is 1.72. The van der Waals surface area contributed by atoms with E-state index in [1.54, 1.807) is 4.90 Å². The second-order valence-corrected chi connectivity index (χ2v) is 6.20. The highest BCUT2D eigenvalue weighted by Crippen LogP contribution is 2.16. The molecule has 1 aliphatic rings. The molecule has 1 aromatic rings. The lowest BCUT2D eigenvalue weighted by atomic mass is 10.1. The summed E-state index contributed by atoms with van der Waals surface area (Å²) in [6.07, 6.45) is 1.59. The maximum atomic E-state index is 12.4. The fraction of sp³-hybridized carbons (Fsp3) is 0.529. The normalized spacial score (nSPS) is 14.9. The van der Waals surface area contributed by atoms with Crippen molar-refractivity contribution in [3.05, 3.63) is 35.4 Å². The molecule has 4 heteroatoms. The molecule has 0 bridgehead atoms. The number of hydrogen-bond acceptors (Lipinski definition) is 2. The molecule has 1 fully saturated rings. The first-order valence-corrected chi connectivity index (χ1v) is 7.59. The smallest absolute Gasteiger partial charge is 0.253 e. The van der Waals surface area contributed by atoms with E-state index in [0.29, 0.717) is 24.4 Å². The van der Waals surface area contributed by atoms with Crippen LogP contribution in [0.25, 0.3) is 0 Å². The molecule has 2 rings (SSSR count). The van der Waals surface area contributed by atoms with Crippen LogP contribution in [-0.2, 0) is 11.3 Å². The zero-order valence-corrected chi connectivity index (χ0v) is 13.1. The van der Waals surface area contributed by atoms with E-state index in [2.05, 4.69) is 13.8 Å². The van der Waals surface area contributed by atoms with E-state index >= 15 is 0 Å². The number of carbonyl (C=O) groups excluding carboxylic acids is 2. The van der Waals surface area contributed by atoms with Crippen molar-refractivity contribution >= 4 is 11.8 Å². The van der Waals surface area contributed by atoms with Crippen LogP contribution >= 0.6 is 0 Å². The van der Waals surface area contributed by atoms with Gasteiger partial charge < -0.3 is 9.80 Å². The number of hydrogen-bond donors (Lipinski definition) is 0. The average molecular weight is 288 g/mol. The molecule has 0 N–H and O–H groups in total. The summed E-state index contributed by atoms with van der Waals surface area (Å²) in [4.78, 5) is 27.7. The van der Waals surface area contributed by atoms with Crippen LogP contribution in [0.5, 0.6) is 0 Å². The van der Waals surface area contributed by atoms with Gasteiger partial charge in [0.1, 0.15) is 0 Å². The van der Waals surface area contributed by atoms with Gasteiger partial charge in [-0.3, -0.25) is 9.59 Å². The lowest BCUT2D eigenvalue weighted by Crippen LogP contribution is -2.30. The zero-order chi connectivity index (χ0) is 15.4. The minimum absolute atomic E-state index is 0.0401. The third kappa shape index (κ3) is 4.06. The number of nitrogens with zero attached hydrogens (tertiary/aromatic N) is 2. The van der Waals surface area contributed by atoms with Gasteiger partial charge in [-0.25, -0.2) is 0 Å². The Bertz CT molecular complexity index is 525. The second-order valence-electron chi connectivity index (χ2n) is 6.20. The summed E-state index contributed by atoms with van der Waals surface area (Å²) in [6.45, 7) is 6.37. The molecule has 0 aromatic heterocycles. The number of amides is 2. The Labute approximate surface area is 126 Å². The van der Waals surface area contributed by atoms with Crippen LogP contribution in [0.1, 0.15) is 42.6 Å². The standard InChI is InChI=1S/C17H24N2O2/c1-13(2)11-18(3)17(21)15-7-4-6-14(10-15)12-19-9-5-8-16(19)20/h4,6-7,10,13H,5,8-9,11-12H2,1-3H3. The van der Waals surface area contributed by atoms with Gasteiger partial charge in [0, 0.05) is 38.7 Å². The lowest BCUT2D eigenvalue weighted by Gasteiger charge is -2.20. The van der Waals surface area contributed by atoms with Crippen LogP contribution in [0.3, 0.4) is 0 Å². The lowest BCUT2D eigenvalue weighted by molar-refractivity contribution is -0.128. The van der Waals surface area contributed by atoms with Crippen LogP contribution in [-0.4, -0.2) is 41.8 Å². The third-order valence-corrected chi connectivity index (χ3v) is 3.70. The fourth-order valence-electron chi connectivity index (χ4n) is 2.75. The Hall–Kier alpha value is -1.84. The Balaban J connectivity index is 2.06. The van der Waals surface area contributed by atoms with Gasteiger partial charge in [0.25, 0.3) is 5.91 Å².